The number of nitriles is 1. The van der Waals surface area contributed by atoms with Crippen LogP contribution in [0.3, 0.4) is 0 Å². The van der Waals surface area contributed by atoms with Crippen molar-refractivity contribution in [3.8, 4) is 6.07 Å². The van der Waals surface area contributed by atoms with Gasteiger partial charge in [-0.3, -0.25) is 4.99 Å². The Balaban J connectivity index is 2.24. The normalized spacial score (nSPS) is 35.0. The second-order valence-corrected chi connectivity index (χ2v) is 7.71. The van der Waals surface area contributed by atoms with Crippen LogP contribution in [0.5, 0.6) is 0 Å². The van der Waals surface area contributed by atoms with Crippen molar-refractivity contribution < 1.29 is 13.5 Å². The number of benzene rings is 1. The van der Waals surface area contributed by atoms with Crippen molar-refractivity contribution in [3.63, 3.8) is 0 Å². The van der Waals surface area contributed by atoms with Crippen LogP contribution in [0.4, 0.5) is 14.5 Å². The quantitative estimate of drug-likeness (QED) is 0.803. The van der Waals surface area contributed by atoms with Gasteiger partial charge in [-0.15, -0.1) is 0 Å². The molecule has 3 rings (SSSR count). The number of fused-ring (bicyclic) bond motifs is 1. The molecule has 4 atom stereocenters. The van der Waals surface area contributed by atoms with Crippen LogP contribution in [-0.2, 0) is 10.3 Å². The van der Waals surface area contributed by atoms with Gasteiger partial charge >= 0.3 is 0 Å². The van der Waals surface area contributed by atoms with E-state index in [2.05, 4.69) is 11.1 Å². The number of hydrogen-bond acceptors (Lipinski definition) is 5. The summed E-state index contributed by atoms with van der Waals surface area (Å²) in [6.07, 6.45) is -0.608. The Morgan fingerprint density at radius 1 is 1.40 bits per heavy atom. The molecule has 1 aromatic carbocycles. The van der Waals surface area contributed by atoms with Crippen molar-refractivity contribution in [2.24, 2.45) is 22.1 Å². The van der Waals surface area contributed by atoms with Crippen LogP contribution < -0.4 is 11.5 Å². The molecule has 134 valence electrons. The van der Waals surface area contributed by atoms with Gasteiger partial charge in [0.05, 0.1) is 18.8 Å². The topological polar surface area (TPSA) is 97.4 Å². The molecule has 5 nitrogen and oxygen atoms in total. The standard InChI is InChI=1S/C18H22F2N4O/c1-16(2,20)14-12-7-17(3,8-21)15(23)24-18(12,9-25-14)11-6-10(22)4-5-13(11)19/h4-6,12,14H,7,9,22H2,1-3H3,(H2,23,24)/t12-,14?,17+,18-/m1/s1. The van der Waals surface area contributed by atoms with E-state index in [1.807, 2.05) is 0 Å². The first-order chi connectivity index (χ1) is 11.5. The molecule has 1 saturated heterocycles. The number of halogens is 2. The predicted octanol–water partition coefficient (Wildman–Crippen LogP) is 2.66. The Morgan fingerprint density at radius 2 is 2.08 bits per heavy atom. The maximum atomic E-state index is 14.8. The first-order valence-corrected chi connectivity index (χ1v) is 8.16. The van der Waals surface area contributed by atoms with Gasteiger partial charge in [-0.2, -0.15) is 5.26 Å². The number of aliphatic imine (C=N–C) groups is 1. The first-order valence-electron chi connectivity index (χ1n) is 8.16. The number of nitrogen functional groups attached to an aromatic ring is 1. The summed E-state index contributed by atoms with van der Waals surface area (Å²) < 4.78 is 35.2. The van der Waals surface area contributed by atoms with E-state index in [4.69, 9.17) is 16.2 Å². The molecule has 1 unspecified atom stereocenters. The lowest BCUT2D eigenvalue weighted by Gasteiger charge is -2.43. The van der Waals surface area contributed by atoms with Crippen LogP contribution in [0.1, 0.15) is 32.8 Å². The molecule has 1 aromatic rings. The molecule has 0 spiro atoms. The van der Waals surface area contributed by atoms with E-state index < -0.39 is 34.5 Å². The second-order valence-electron chi connectivity index (χ2n) is 7.71. The number of amidine groups is 1. The highest BCUT2D eigenvalue weighted by Crippen LogP contribution is 2.54. The molecule has 0 amide bonds. The molecule has 4 N–H and O–H groups in total. The molecule has 0 radical (unpaired) electrons. The van der Waals surface area contributed by atoms with E-state index in [0.29, 0.717) is 5.69 Å². The summed E-state index contributed by atoms with van der Waals surface area (Å²) in [5.41, 5.74) is 8.58. The highest BCUT2D eigenvalue weighted by atomic mass is 19.1. The Morgan fingerprint density at radius 3 is 2.68 bits per heavy atom. The van der Waals surface area contributed by atoms with E-state index in [1.165, 1.54) is 32.0 Å². The van der Waals surface area contributed by atoms with Crippen molar-refractivity contribution in [3.05, 3.63) is 29.6 Å². The van der Waals surface area contributed by atoms with Crippen LogP contribution in [0.2, 0.25) is 0 Å². The van der Waals surface area contributed by atoms with Crippen molar-refractivity contribution in [1.29, 1.82) is 5.26 Å². The third-order valence-electron chi connectivity index (χ3n) is 5.36. The number of ether oxygens (including phenoxy) is 1. The summed E-state index contributed by atoms with van der Waals surface area (Å²) in [4.78, 5) is 4.52. The van der Waals surface area contributed by atoms with E-state index >= 15 is 0 Å². The van der Waals surface area contributed by atoms with Crippen molar-refractivity contribution >= 4 is 11.5 Å². The fourth-order valence-corrected chi connectivity index (χ4v) is 3.96. The van der Waals surface area contributed by atoms with E-state index in [9.17, 15) is 14.0 Å². The molecule has 0 aliphatic carbocycles. The largest absolute Gasteiger partial charge is 0.399 e. The average molecular weight is 348 g/mol. The number of alkyl halides is 1. The summed E-state index contributed by atoms with van der Waals surface area (Å²) in [7, 11) is 0. The van der Waals surface area contributed by atoms with Gasteiger partial charge in [0.2, 0.25) is 0 Å². The first kappa shape index (κ1) is 17.6. The third kappa shape index (κ3) is 2.56. The van der Waals surface area contributed by atoms with Gasteiger partial charge in [0.15, 0.2) is 0 Å². The maximum absolute atomic E-state index is 14.8. The third-order valence-corrected chi connectivity index (χ3v) is 5.36. The number of anilines is 1. The molecule has 2 aliphatic rings. The molecule has 2 aliphatic heterocycles. The fourth-order valence-electron chi connectivity index (χ4n) is 3.96. The zero-order valence-corrected chi connectivity index (χ0v) is 14.5. The second kappa shape index (κ2) is 5.40. The van der Waals surface area contributed by atoms with Gasteiger partial charge in [0.25, 0.3) is 0 Å². The maximum Gasteiger partial charge on any atom is 0.131 e. The van der Waals surface area contributed by atoms with E-state index in [1.54, 1.807) is 6.92 Å². The lowest BCUT2D eigenvalue weighted by atomic mass is 9.65. The molecule has 0 aromatic heterocycles. The monoisotopic (exact) mass is 348 g/mol. The van der Waals surface area contributed by atoms with Crippen molar-refractivity contribution in [1.82, 2.24) is 0 Å². The van der Waals surface area contributed by atoms with Gasteiger partial charge in [0, 0.05) is 17.2 Å². The smallest absolute Gasteiger partial charge is 0.131 e. The fraction of sp³-hybridized carbons (Fsp3) is 0.556. The lowest BCUT2D eigenvalue weighted by Crippen LogP contribution is -2.52. The van der Waals surface area contributed by atoms with E-state index in [0.717, 1.165) is 0 Å². The SMILES string of the molecule is CC(C)(F)C1OC[C@]2(c3cc(N)ccc3F)N=C(N)[C@](C)(C#N)C[C@H]12. The summed E-state index contributed by atoms with van der Waals surface area (Å²) >= 11 is 0. The van der Waals surface area contributed by atoms with Crippen LogP contribution in [-0.4, -0.2) is 24.2 Å². The van der Waals surface area contributed by atoms with Gasteiger partial charge in [-0.25, -0.2) is 8.78 Å². The number of nitrogens with zero attached hydrogens (tertiary/aromatic N) is 2. The summed E-state index contributed by atoms with van der Waals surface area (Å²) in [5, 5.41) is 9.54. The predicted molar refractivity (Wildman–Crippen MR) is 90.9 cm³/mol. The molecular formula is C18H22F2N4O. The molecule has 0 bridgehead atoms. The lowest BCUT2D eigenvalue weighted by molar-refractivity contribution is -0.0285. The Labute approximate surface area is 145 Å². The van der Waals surface area contributed by atoms with Crippen molar-refractivity contribution in [2.45, 2.75) is 44.5 Å². The van der Waals surface area contributed by atoms with Crippen LogP contribution in [0.25, 0.3) is 0 Å². The number of hydrogen-bond donors (Lipinski definition) is 2. The Bertz CT molecular complexity index is 782. The minimum Gasteiger partial charge on any atom is -0.399 e. The minimum absolute atomic E-state index is 0.0156. The molecule has 0 saturated carbocycles. The highest BCUT2D eigenvalue weighted by molar-refractivity contribution is 5.90. The van der Waals surface area contributed by atoms with Crippen molar-refractivity contribution in [2.75, 3.05) is 12.3 Å². The van der Waals surface area contributed by atoms with Crippen LogP contribution >= 0.6 is 0 Å². The van der Waals surface area contributed by atoms with Crippen LogP contribution in [0, 0.1) is 28.5 Å². The van der Waals surface area contributed by atoms with E-state index in [-0.39, 0.29) is 24.4 Å². The molecule has 2 heterocycles. The summed E-state index contributed by atoms with van der Waals surface area (Å²) in [6, 6.07) is 6.36. The van der Waals surface area contributed by atoms with Gasteiger partial charge in [-0.05, 0) is 45.4 Å². The average Bonchev–Trinajstić information content (AvgIpc) is 2.89. The summed E-state index contributed by atoms with van der Waals surface area (Å²) in [5.74, 6) is -0.938. The summed E-state index contributed by atoms with van der Waals surface area (Å²) in [6.45, 7) is 4.47. The van der Waals surface area contributed by atoms with Gasteiger partial charge in [0.1, 0.15) is 28.3 Å². The number of nitrogens with two attached hydrogens (primary N) is 2. The van der Waals surface area contributed by atoms with Gasteiger partial charge in [-0.1, -0.05) is 0 Å². The Kier molecular flexibility index (Phi) is 3.80. The van der Waals surface area contributed by atoms with Gasteiger partial charge < -0.3 is 16.2 Å². The van der Waals surface area contributed by atoms with Crippen LogP contribution in [0.15, 0.2) is 23.2 Å². The highest BCUT2D eigenvalue weighted by Gasteiger charge is 2.61. The molecular weight excluding hydrogens is 326 g/mol. The molecule has 1 fully saturated rings. The zero-order chi connectivity index (χ0) is 18.6. The molecule has 25 heavy (non-hydrogen) atoms. The number of rotatable bonds is 2. The minimum atomic E-state index is -1.68. The zero-order valence-electron chi connectivity index (χ0n) is 14.5. The molecule has 7 heteroatoms. The Hall–Kier alpha value is -2.20.